The van der Waals surface area contributed by atoms with Gasteiger partial charge in [-0.1, -0.05) is 20.3 Å². The third-order valence-electron chi connectivity index (χ3n) is 4.23. The first-order valence-corrected chi connectivity index (χ1v) is 14.4. The van der Waals surface area contributed by atoms with Crippen molar-refractivity contribution in [3.63, 3.8) is 0 Å². The first-order chi connectivity index (χ1) is 14.9. The van der Waals surface area contributed by atoms with Crippen molar-refractivity contribution in [3.8, 4) is 0 Å². The molecule has 1 heterocycles. The minimum absolute atomic E-state index is 0.0917. The summed E-state index contributed by atoms with van der Waals surface area (Å²) in [4.78, 5) is 55.7. The molecule has 0 aliphatic carbocycles. The number of hydrogen-bond donors (Lipinski definition) is 3. The molecule has 0 radical (unpaired) electrons. The van der Waals surface area contributed by atoms with Crippen molar-refractivity contribution in [2.45, 2.75) is 51.2 Å². The first-order valence-electron chi connectivity index (χ1n) is 10.2. The summed E-state index contributed by atoms with van der Waals surface area (Å²) < 4.78 is 36.5. The fourth-order valence-corrected chi connectivity index (χ4v) is 5.53. The average Bonchev–Trinajstić information content (AvgIpc) is 2.96. The number of phosphoric acid groups is 2. The fourth-order valence-electron chi connectivity index (χ4n) is 2.66. The third-order valence-corrected chi connectivity index (χ3v) is 7.80. The van der Waals surface area contributed by atoms with Crippen LogP contribution in [0.3, 0.4) is 0 Å². The number of imide groups is 1. The van der Waals surface area contributed by atoms with E-state index in [1.165, 1.54) is 16.7 Å². The molecule has 0 aromatic heterocycles. The van der Waals surface area contributed by atoms with Crippen molar-refractivity contribution in [1.82, 2.24) is 10.2 Å². The van der Waals surface area contributed by atoms with Gasteiger partial charge in [0.25, 0.3) is 0 Å². The van der Waals surface area contributed by atoms with E-state index in [0.29, 0.717) is 25.8 Å². The Kier molecular flexibility index (Phi) is 12.6. The summed E-state index contributed by atoms with van der Waals surface area (Å²) in [5, 5.41) is 2.18. The van der Waals surface area contributed by atoms with Crippen molar-refractivity contribution in [1.29, 1.82) is 0 Å². The third kappa shape index (κ3) is 11.4. The maximum atomic E-state index is 12.0. The molecule has 0 aromatic rings. The van der Waals surface area contributed by atoms with Crippen LogP contribution in [0.2, 0.25) is 0 Å². The highest BCUT2D eigenvalue weighted by atomic mass is 32.2. The lowest BCUT2D eigenvalue weighted by Crippen LogP contribution is -2.32. The Morgan fingerprint density at radius 1 is 1.19 bits per heavy atom. The van der Waals surface area contributed by atoms with E-state index in [1.54, 1.807) is 20.1 Å². The van der Waals surface area contributed by atoms with Crippen LogP contribution in [0.1, 0.15) is 46.0 Å². The highest BCUT2D eigenvalue weighted by Gasteiger charge is 2.37. The minimum Gasteiger partial charge on any atom is -0.354 e. The monoisotopic (exact) mass is 518 g/mol. The molecule has 1 rings (SSSR count). The maximum absolute atomic E-state index is 12.0. The molecule has 186 valence electrons. The van der Waals surface area contributed by atoms with Crippen LogP contribution in [-0.4, -0.2) is 70.2 Å². The van der Waals surface area contributed by atoms with Crippen molar-refractivity contribution >= 4 is 45.1 Å². The van der Waals surface area contributed by atoms with Gasteiger partial charge in [-0.25, -0.2) is 9.13 Å². The molecule has 0 spiro atoms. The zero-order valence-corrected chi connectivity index (χ0v) is 21.0. The average molecular weight is 518 g/mol. The van der Waals surface area contributed by atoms with E-state index in [4.69, 9.17) is 0 Å². The van der Waals surface area contributed by atoms with Crippen molar-refractivity contribution in [2.24, 2.45) is 5.92 Å². The number of carbonyl (C=O) groups is 3. The van der Waals surface area contributed by atoms with Gasteiger partial charge in [-0.15, -0.1) is 0 Å². The molecule has 1 fully saturated rings. The van der Waals surface area contributed by atoms with Gasteiger partial charge in [0.2, 0.25) is 17.7 Å². The summed E-state index contributed by atoms with van der Waals surface area (Å²) in [6.45, 7) is 3.10. The van der Waals surface area contributed by atoms with Gasteiger partial charge < -0.3 is 15.1 Å². The number of unbranched alkanes of at least 4 members (excludes halogenated alkanes) is 2. The lowest BCUT2D eigenvalue weighted by molar-refractivity contribution is -0.138. The lowest BCUT2D eigenvalue weighted by atomic mass is 10.2. The van der Waals surface area contributed by atoms with Gasteiger partial charge in [0.1, 0.15) is 0 Å². The molecule has 3 N–H and O–H groups in total. The number of nitrogens with one attached hydrogen (secondary N) is 1. The van der Waals surface area contributed by atoms with E-state index in [0.717, 1.165) is 0 Å². The molecule has 0 aromatic carbocycles. The highest BCUT2D eigenvalue weighted by molar-refractivity contribution is 8.00. The maximum Gasteiger partial charge on any atom is 0.481 e. The largest absolute Gasteiger partial charge is 0.481 e. The molecule has 15 heteroatoms. The quantitative estimate of drug-likeness (QED) is 0.155. The van der Waals surface area contributed by atoms with Gasteiger partial charge in [0.05, 0.1) is 18.5 Å². The van der Waals surface area contributed by atoms with Crippen LogP contribution in [0.4, 0.5) is 0 Å². The smallest absolute Gasteiger partial charge is 0.354 e. The Hall–Kier alpha value is -0.780. The van der Waals surface area contributed by atoms with E-state index in [2.05, 4.69) is 18.7 Å². The second-order valence-corrected chi connectivity index (χ2v) is 11.6. The Balaban J connectivity index is 2.16. The molecule has 12 nitrogen and oxygen atoms in total. The number of nitrogens with zero attached hydrogens (tertiary/aromatic N) is 1. The van der Waals surface area contributed by atoms with Crippen molar-refractivity contribution < 1.29 is 46.7 Å². The van der Waals surface area contributed by atoms with E-state index >= 15 is 0 Å². The molecule has 32 heavy (non-hydrogen) atoms. The van der Waals surface area contributed by atoms with Crippen LogP contribution in [-0.2, 0) is 36.9 Å². The van der Waals surface area contributed by atoms with Gasteiger partial charge in [0.15, 0.2) is 0 Å². The molecule has 0 saturated carbocycles. The van der Waals surface area contributed by atoms with E-state index in [-0.39, 0.29) is 54.9 Å². The van der Waals surface area contributed by atoms with Crippen LogP contribution in [0.15, 0.2) is 0 Å². The molecule has 3 amide bonds. The van der Waals surface area contributed by atoms with Crippen molar-refractivity contribution in [3.05, 3.63) is 0 Å². The fraction of sp³-hybridized carbons (Fsp3) is 0.824. The first kappa shape index (κ1) is 29.3. The zero-order valence-electron chi connectivity index (χ0n) is 18.4. The predicted molar refractivity (Wildman–Crippen MR) is 118 cm³/mol. The molecule has 1 aliphatic heterocycles. The summed E-state index contributed by atoms with van der Waals surface area (Å²) in [5.41, 5.74) is 0. The molecular formula is C17H32N2O10P2S. The van der Waals surface area contributed by atoms with E-state index in [1.807, 2.05) is 0 Å². The van der Waals surface area contributed by atoms with Gasteiger partial charge in [0, 0.05) is 25.9 Å². The molecular weight excluding hydrogens is 486 g/mol. The number of likely N-dealkylation sites (tertiary alicyclic amines) is 1. The van der Waals surface area contributed by atoms with Gasteiger partial charge in [-0.3, -0.25) is 28.3 Å². The van der Waals surface area contributed by atoms with Crippen LogP contribution >= 0.6 is 27.4 Å². The topological polar surface area (TPSA) is 169 Å². The van der Waals surface area contributed by atoms with Gasteiger partial charge >= 0.3 is 15.6 Å². The number of phosphoric ester groups is 2. The van der Waals surface area contributed by atoms with Crippen LogP contribution in [0.5, 0.6) is 0 Å². The summed E-state index contributed by atoms with van der Waals surface area (Å²) in [6.07, 6.45) is 4.00. The second kappa shape index (κ2) is 13.8. The molecule has 1 saturated heterocycles. The number of thioether (sulfide) groups is 1. The van der Waals surface area contributed by atoms with Gasteiger partial charge in [-0.2, -0.15) is 16.1 Å². The number of amides is 3. The summed E-state index contributed by atoms with van der Waals surface area (Å²) in [6, 6.07) is 0. The number of carbonyl (C=O) groups excluding carboxylic acids is 3. The van der Waals surface area contributed by atoms with Crippen LogP contribution in [0.25, 0.3) is 0 Å². The summed E-state index contributed by atoms with van der Waals surface area (Å²) in [7, 11) is -9.59. The molecule has 3 atom stereocenters. The number of hydrogen-bond acceptors (Lipinski definition) is 9. The Morgan fingerprint density at radius 2 is 1.84 bits per heavy atom. The Morgan fingerprint density at radius 3 is 2.44 bits per heavy atom. The van der Waals surface area contributed by atoms with Crippen LogP contribution < -0.4 is 5.32 Å². The summed E-state index contributed by atoms with van der Waals surface area (Å²) in [5.74, 6) is -0.729. The highest BCUT2D eigenvalue weighted by Crippen LogP contribution is 2.60. The lowest BCUT2D eigenvalue weighted by Gasteiger charge is -2.17. The van der Waals surface area contributed by atoms with E-state index < -0.39 is 22.3 Å². The minimum atomic E-state index is -4.84. The standard InChI is InChI=1S/C17H32N2O10P2S/c1-13(2)12-28-31(25,26)29-30(23,24)27-10-8-18-15(20)7-5-4-6-9-19-16(21)11-14(32-3)17(19)22/h13-14H,4-12H2,1-3H3,(H,18,20)(H,23,24)(H,25,26). The molecule has 3 unspecified atom stereocenters. The van der Waals surface area contributed by atoms with E-state index in [9.17, 15) is 33.3 Å². The Bertz CT molecular complexity index is 751. The van der Waals surface area contributed by atoms with Gasteiger partial charge in [-0.05, 0) is 25.0 Å². The zero-order chi connectivity index (χ0) is 24.4. The Labute approximate surface area is 192 Å². The second-order valence-electron chi connectivity index (χ2n) is 7.51. The number of rotatable bonds is 16. The normalized spacial score (nSPS) is 20.4. The van der Waals surface area contributed by atoms with Crippen LogP contribution in [0, 0.1) is 5.92 Å². The predicted octanol–water partition coefficient (Wildman–Crippen LogP) is 2.06. The van der Waals surface area contributed by atoms with Crippen molar-refractivity contribution in [2.75, 3.05) is 32.6 Å². The molecule has 1 aliphatic rings. The SMILES string of the molecule is CSC1CC(=O)N(CCCCCC(=O)NCCOP(=O)(O)OP(=O)(O)OCC(C)C)C1=O. The molecule has 0 bridgehead atoms. The summed E-state index contributed by atoms with van der Waals surface area (Å²) >= 11 is 1.36.